The Balaban J connectivity index is 2.55. The second-order valence-electron chi connectivity index (χ2n) is 4.48. The monoisotopic (exact) mass is 257 g/mol. The van der Waals surface area contributed by atoms with E-state index in [2.05, 4.69) is 4.40 Å². The van der Waals surface area contributed by atoms with Crippen molar-refractivity contribution in [2.24, 2.45) is 4.40 Å². The first kappa shape index (κ1) is 13.4. The normalized spacial score (nSPS) is 14.2. The van der Waals surface area contributed by atoms with Crippen LogP contribution in [0.15, 0.2) is 28.7 Å². The molecule has 4 heteroatoms. The fourth-order valence-corrected chi connectivity index (χ4v) is 1.64. The number of rotatable bonds is 3. The van der Waals surface area contributed by atoms with E-state index in [0.29, 0.717) is 6.42 Å². The summed E-state index contributed by atoms with van der Waals surface area (Å²) in [6.45, 7) is 5.72. The summed E-state index contributed by atoms with van der Waals surface area (Å²) in [5, 5.41) is 0.721. The molecule has 1 aromatic rings. The summed E-state index contributed by atoms with van der Waals surface area (Å²) >= 11 is 5.77. The van der Waals surface area contributed by atoms with Gasteiger partial charge >= 0.3 is 0 Å². The van der Waals surface area contributed by atoms with Gasteiger partial charge in [0.05, 0.1) is 4.75 Å². The highest BCUT2D eigenvalue weighted by atomic mass is 35.5. The van der Waals surface area contributed by atoms with Crippen molar-refractivity contribution in [1.29, 1.82) is 0 Å². The smallest absolute Gasteiger partial charge is 0.144 e. The topological polar surface area (TPSA) is 29.4 Å². The summed E-state index contributed by atoms with van der Waals surface area (Å²) in [4.78, 5) is 0. The third-order valence-electron chi connectivity index (χ3n) is 1.93. The van der Waals surface area contributed by atoms with E-state index in [9.17, 15) is 4.21 Å². The Bertz CT molecular complexity index is 392. The van der Waals surface area contributed by atoms with E-state index >= 15 is 0 Å². The lowest BCUT2D eigenvalue weighted by molar-refractivity contribution is 0.651. The average molecular weight is 258 g/mol. The van der Waals surface area contributed by atoms with E-state index in [1.165, 1.54) is 0 Å². The number of benzene rings is 1. The van der Waals surface area contributed by atoms with Crippen LogP contribution in [0.5, 0.6) is 0 Å². The van der Waals surface area contributed by atoms with Gasteiger partial charge in [0.25, 0.3) is 0 Å². The number of hydrogen-bond acceptors (Lipinski definition) is 1. The van der Waals surface area contributed by atoms with E-state index < -0.39 is 11.0 Å². The van der Waals surface area contributed by atoms with Gasteiger partial charge in [0.1, 0.15) is 11.0 Å². The van der Waals surface area contributed by atoms with Crippen molar-refractivity contribution in [2.75, 3.05) is 0 Å². The Morgan fingerprint density at radius 1 is 1.31 bits per heavy atom. The van der Waals surface area contributed by atoms with Gasteiger partial charge in [-0.1, -0.05) is 23.7 Å². The van der Waals surface area contributed by atoms with Crippen molar-refractivity contribution >= 4 is 28.8 Å². The zero-order chi connectivity index (χ0) is 12.2. The molecule has 1 aromatic carbocycles. The zero-order valence-electron chi connectivity index (χ0n) is 9.74. The minimum absolute atomic E-state index is 0.295. The molecular formula is C12H16ClNOS. The fraction of sp³-hybridized carbons (Fsp3) is 0.417. The molecule has 0 radical (unpaired) electrons. The van der Waals surface area contributed by atoms with Gasteiger partial charge < -0.3 is 0 Å². The van der Waals surface area contributed by atoms with Crippen LogP contribution in [0.4, 0.5) is 0 Å². The molecule has 16 heavy (non-hydrogen) atoms. The Labute approximate surface area is 104 Å². The Morgan fingerprint density at radius 2 is 1.88 bits per heavy atom. The lowest BCUT2D eigenvalue weighted by Crippen LogP contribution is -2.19. The van der Waals surface area contributed by atoms with E-state index in [-0.39, 0.29) is 4.75 Å². The van der Waals surface area contributed by atoms with Crippen molar-refractivity contribution in [3.63, 3.8) is 0 Å². The first-order chi connectivity index (χ1) is 7.39. The molecule has 1 atom stereocenters. The van der Waals surface area contributed by atoms with Crippen molar-refractivity contribution in [1.82, 2.24) is 0 Å². The highest BCUT2D eigenvalue weighted by Gasteiger charge is 2.17. The van der Waals surface area contributed by atoms with Crippen molar-refractivity contribution in [3.05, 3.63) is 34.9 Å². The Morgan fingerprint density at radius 3 is 2.38 bits per heavy atom. The van der Waals surface area contributed by atoms with Gasteiger partial charge in [-0.3, -0.25) is 0 Å². The quantitative estimate of drug-likeness (QED) is 0.763. The van der Waals surface area contributed by atoms with Gasteiger partial charge in [0.15, 0.2) is 0 Å². The van der Waals surface area contributed by atoms with Crippen molar-refractivity contribution < 1.29 is 4.21 Å². The largest absolute Gasteiger partial charge is 0.234 e. The van der Waals surface area contributed by atoms with Crippen LogP contribution in [0.25, 0.3) is 0 Å². The van der Waals surface area contributed by atoms with Crippen LogP contribution in [-0.4, -0.2) is 15.2 Å². The Hall–Kier alpha value is -0.670. The lowest BCUT2D eigenvalue weighted by atomic mass is 10.2. The summed E-state index contributed by atoms with van der Waals surface area (Å²) in [5.41, 5.74) is 1.11. The average Bonchev–Trinajstić information content (AvgIpc) is 2.19. The third kappa shape index (κ3) is 4.45. The molecule has 0 aliphatic heterocycles. The molecular weight excluding hydrogens is 242 g/mol. The van der Waals surface area contributed by atoms with Crippen molar-refractivity contribution in [3.8, 4) is 0 Å². The summed E-state index contributed by atoms with van der Waals surface area (Å²) in [6.07, 6.45) is 2.38. The maximum Gasteiger partial charge on any atom is 0.144 e. The van der Waals surface area contributed by atoms with Crippen LogP contribution in [-0.2, 0) is 17.4 Å². The number of nitrogens with zero attached hydrogens (tertiary/aromatic N) is 1. The Kier molecular flexibility index (Phi) is 4.69. The molecule has 0 saturated heterocycles. The summed E-state index contributed by atoms with van der Waals surface area (Å²) in [7, 11) is -1.17. The second kappa shape index (κ2) is 5.60. The predicted octanol–water partition coefficient (Wildman–Crippen LogP) is 3.42. The van der Waals surface area contributed by atoms with Crippen molar-refractivity contribution in [2.45, 2.75) is 31.9 Å². The van der Waals surface area contributed by atoms with Gasteiger partial charge in [-0.15, -0.1) is 0 Å². The second-order valence-corrected chi connectivity index (χ2v) is 6.85. The van der Waals surface area contributed by atoms with Crippen LogP contribution < -0.4 is 0 Å². The van der Waals surface area contributed by atoms with E-state index in [4.69, 9.17) is 11.6 Å². The fourth-order valence-electron chi connectivity index (χ4n) is 0.989. The predicted molar refractivity (Wildman–Crippen MR) is 71.5 cm³/mol. The SMILES string of the molecule is CC(C)(C)S(=O)/N=C/Cc1ccc(Cl)cc1. The molecule has 88 valence electrons. The van der Waals surface area contributed by atoms with Crippen LogP contribution in [0.1, 0.15) is 26.3 Å². The maximum atomic E-state index is 11.6. The van der Waals surface area contributed by atoms with E-state index in [1.54, 1.807) is 6.21 Å². The van der Waals surface area contributed by atoms with E-state index in [0.717, 1.165) is 10.6 Å². The van der Waals surface area contributed by atoms with Crippen LogP contribution in [0.3, 0.4) is 0 Å². The van der Waals surface area contributed by atoms with Gasteiger partial charge in [0, 0.05) is 17.7 Å². The molecule has 1 rings (SSSR count). The molecule has 0 N–H and O–H groups in total. The molecule has 0 fully saturated rings. The molecule has 0 bridgehead atoms. The molecule has 2 nitrogen and oxygen atoms in total. The minimum Gasteiger partial charge on any atom is -0.234 e. The zero-order valence-corrected chi connectivity index (χ0v) is 11.3. The molecule has 0 heterocycles. The van der Waals surface area contributed by atoms with Gasteiger partial charge in [-0.2, -0.15) is 4.40 Å². The molecule has 0 aliphatic rings. The van der Waals surface area contributed by atoms with Gasteiger partial charge in [-0.25, -0.2) is 4.21 Å². The van der Waals surface area contributed by atoms with Crippen LogP contribution in [0, 0.1) is 0 Å². The highest BCUT2D eigenvalue weighted by molar-refractivity contribution is 7.85. The number of hydrogen-bond donors (Lipinski definition) is 0. The first-order valence-electron chi connectivity index (χ1n) is 5.08. The van der Waals surface area contributed by atoms with Gasteiger partial charge in [0.2, 0.25) is 0 Å². The maximum absolute atomic E-state index is 11.6. The molecule has 0 aliphatic carbocycles. The lowest BCUT2D eigenvalue weighted by Gasteiger charge is -2.12. The third-order valence-corrected chi connectivity index (χ3v) is 3.57. The first-order valence-corrected chi connectivity index (χ1v) is 6.57. The molecule has 0 saturated carbocycles. The number of halogens is 1. The minimum atomic E-state index is -1.17. The van der Waals surface area contributed by atoms with Gasteiger partial charge in [-0.05, 0) is 38.5 Å². The standard InChI is InChI=1S/C12H16ClNOS/c1-12(2,3)16(15)14-9-8-10-4-6-11(13)7-5-10/h4-7,9H,8H2,1-3H3/b14-9+. The summed E-state index contributed by atoms with van der Waals surface area (Å²) in [5.74, 6) is 0. The molecule has 0 aromatic heterocycles. The van der Waals surface area contributed by atoms with Crippen LogP contribution in [0.2, 0.25) is 5.02 Å². The summed E-state index contributed by atoms with van der Waals surface area (Å²) < 4.78 is 15.3. The molecule has 0 spiro atoms. The van der Waals surface area contributed by atoms with E-state index in [1.807, 2.05) is 45.0 Å². The molecule has 1 unspecified atom stereocenters. The summed E-state index contributed by atoms with van der Waals surface area (Å²) in [6, 6.07) is 7.56. The van der Waals surface area contributed by atoms with Crippen LogP contribution >= 0.6 is 11.6 Å². The highest BCUT2D eigenvalue weighted by Crippen LogP contribution is 2.12. The molecule has 0 amide bonds.